The predicted octanol–water partition coefficient (Wildman–Crippen LogP) is 4.43. The van der Waals surface area contributed by atoms with Crippen molar-refractivity contribution in [3.05, 3.63) is 68.3 Å². The SMILES string of the molecule is N#CC(C(=O)c1ccccc1I)c1ccccc1Cl. The molecule has 0 fully saturated rings. The lowest BCUT2D eigenvalue weighted by atomic mass is 9.92. The minimum absolute atomic E-state index is 0.222. The van der Waals surface area contributed by atoms with Crippen molar-refractivity contribution < 1.29 is 4.79 Å². The summed E-state index contributed by atoms with van der Waals surface area (Å²) in [5.41, 5.74) is 1.10. The van der Waals surface area contributed by atoms with Gasteiger partial charge in [0, 0.05) is 14.2 Å². The van der Waals surface area contributed by atoms with Crippen LogP contribution >= 0.6 is 34.2 Å². The molecule has 0 heterocycles. The average Bonchev–Trinajstić information content (AvgIpc) is 2.42. The van der Waals surface area contributed by atoms with Gasteiger partial charge in [-0.3, -0.25) is 4.79 Å². The molecule has 0 aliphatic heterocycles. The van der Waals surface area contributed by atoms with E-state index >= 15 is 0 Å². The summed E-state index contributed by atoms with van der Waals surface area (Å²) in [6.07, 6.45) is 0. The highest BCUT2D eigenvalue weighted by atomic mass is 127. The van der Waals surface area contributed by atoms with Gasteiger partial charge >= 0.3 is 0 Å². The molecule has 0 aliphatic rings. The second-order valence-electron chi connectivity index (χ2n) is 3.93. The summed E-state index contributed by atoms with van der Waals surface area (Å²) in [6, 6.07) is 16.2. The fraction of sp³-hybridized carbons (Fsp3) is 0.0667. The molecular weight excluding hydrogens is 373 g/mol. The first-order valence-corrected chi connectivity index (χ1v) is 7.03. The molecule has 2 nitrogen and oxygen atoms in total. The number of benzene rings is 2. The van der Waals surface area contributed by atoms with Crippen LogP contribution in [0.5, 0.6) is 0 Å². The third-order valence-electron chi connectivity index (χ3n) is 2.75. The monoisotopic (exact) mass is 381 g/mol. The number of hydrogen-bond acceptors (Lipinski definition) is 2. The molecule has 2 aromatic carbocycles. The van der Waals surface area contributed by atoms with Crippen molar-refractivity contribution in [2.45, 2.75) is 5.92 Å². The van der Waals surface area contributed by atoms with E-state index in [1.807, 2.05) is 18.2 Å². The minimum atomic E-state index is -0.871. The maximum absolute atomic E-state index is 12.5. The van der Waals surface area contributed by atoms with Crippen LogP contribution in [0.15, 0.2) is 48.5 Å². The Morgan fingerprint density at radius 3 is 2.42 bits per heavy atom. The van der Waals surface area contributed by atoms with Crippen molar-refractivity contribution in [2.24, 2.45) is 0 Å². The number of ketones is 1. The number of Topliss-reactive ketones (excluding diaryl/α,β-unsaturated/α-hetero) is 1. The maximum Gasteiger partial charge on any atom is 0.185 e. The van der Waals surface area contributed by atoms with Gasteiger partial charge < -0.3 is 0 Å². The van der Waals surface area contributed by atoms with Crippen molar-refractivity contribution in [1.29, 1.82) is 5.26 Å². The number of hydrogen-bond donors (Lipinski definition) is 0. The molecule has 4 heteroatoms. The molecule has 0 N–H and O–H groups in total. The van der Waals surface area contributed by atoms with Crippen LogP contribution in [0.2, 0.25) is 5.02 Å². The molecule has 0 aliphatic carbocycles. The third kappa shape index (κ3) is 2.96. The van der Waals surface area contributed by atoms with Gasteiger partial charge in [-0.25, -0.2) is 0 Å². The van der Waals surface area contributed by atoms with Gasteiger partial charge in [-0.05, 0) is 40.3 Å². The smallest absolute Gasteiger partial charge is 0.185 e. The van der Waals surface area contributed by atoms with E-state index in [1.165, 1.54) is 0 Å². The molecule has 0 radical (unpaired) electrons. The molecule has 2 aromatic rings. The van der Waals surface area contributed by atoms with Crippen LogP contribution in [-0.4, -0.2) is 5.78 Å². The highest BCUT2D eigenvalue weighted by Crippen LogP contribution is 2.28. The summed E-state index contributed by atoms with van der Waals surface area (Å²) in [5.74, 6) is -1.09. The highest BCUT2D eigenvalue weighted by Gasteiger charge is 2.24. The first-order valence-electron chi connectivity index (χ1n) is 5.58. The molecule has 1 atom stereocenters. The van der Waals surface area contributed by atoms with Crippen molar-refractivity contribution >= 4 is 40.0 Å². The minimum Gasteiger partial charge on any atom is -0.292 e. The van der Waals surface area contributed by atoms with Crippen molar-refractivity contribution in [1.82, 2.24) is 0 Å². The predicted molar refractivity (Wildman–Crippen MR) is 83.3 cm³/mol. The molecule has 0 saturated carbocycles. The van der Waals surface area contributed by atoms with Crippen molar-refractivity contribution in [3.8, 4) is 6.07 Å². The van der Waals surface area contributed by atoms with E-state index in [4.69, 9.17) is 11.6 Å². The fourth-order valence-corrected chi connectivity index (χ4v) is 2.69. The van der Waals surface area contributed by atoms with E-state index in [0.717, 1.165) is 3.57 Å². The molecule has 0 bridgehead atoms. The Hall–Kier alpha value is -1.38. The van der Waals surface area contributed by atoms with Gasteiger partial charge in [0.25, 0.3) is 0 Å². The number of halogens is 2. The lowest BCUT2D eigenvalue weighted by Gasteiger charge is -2.11. The third-order valence-corrected chi connectivity index (χ3v) is 4.03. The molecule has 1 unspecified atom stereocenters. The lowest BCUT2D eigenvalue weighted by Crippen LogP contribution is -2.13. The van der Waals surface area contributed by atoms with Crippen LogP contribution < -0.4 is 0 Å². The molecule has 19 heavy (non-hydrogen) atoms. The van der Waals surface area contributed by atoms with Crippen LogP contribution in [0, 0.1) is 14.9 Å². The van der Waals surface area contributed by atoms with E-state index in [1.54, 1.807) is 36.4 Å². The Labute approximate surface area is 130 Å². The van der Waals surface area contributed by atoms with Crippen LogP contribution in [0.3, 0.4) is 0 Å². The highest BCUT2D eigenvalue weighted by molar-refractivity contribution is 14.1. The van der Waals surface area contributed by atoms with Gasteiger partial charge in [0.15, 0.2) is 5.78 Å². The summed E-state index contributed by atoms with van der Waals surface area (Å²) >= 11 is 8.15. The second-order valence-corrected chi connectivity index (χ2v) is 5.50. The summed E-state index contributed by atoms with van der Waals surface area (Å²) < 4.78 is 0.831. The Morgan fingerprint density at radius 2 is 1.79 bits per heavy atom. The molecule has 2 rings (SSSR count). The van der Waals surface area contributed by atoms with Gasteiger partial charge in [-0.1, -0.05) is 48.0 Å². The number of nitriles is 1. The zero-order valence-electron chi connectivity index (χ0n) is 9.81. The van der Waals surface area contributed by atoms with Gasteiger partial charge in [0.1, 0.15) is 5.92 Å². The molecule has 0 amide bonds. The Morgan fingerprint density at radius 1 is 1.16 bits per heavy atom. The lowest BCUT2D eigenvalue weighted by molar-refractivity contribution is 0.0978. The Balaban J connectivity index is 2.45. The Bertz CT molecular complexity index is 663. The van der Waals surface area contributed by atoms with Crippen molar-refractivity contribution in [2.75, 3.05) is 0 Å². The first-order chi connectivity index (χ1) is 9.15. The summed E-state index contributed by atoms with van der Waals surface area (Å²) in [4.78, 5) is 12.5. The summed E-state index contributed by atoms with van der Waals surface area (Å²) in [5, 5.41) is 9.73. The van der Waals surface area contributed by atoms with E-state index in [-0.39, 0.29) is 5.78 Å². The number of nitrogens with zero attached hydrogens (tertiary/aromatic N) is 1. The number of rotatable bonds is 3. The normalized spacial score (nSPS) is 11.6. The summed E-state index contributed by atoms with van der Waals surface area (Å²) in [7, 11) is 0. The molecule has 0 aromatic heterocycles. The van der Waals surface area contributed by atoms with Gasteiger partial charge in [-0.15, -0.1) is 0 Å². The molecule has 0 spiro atoms. The standard InChI is InChI=1S/C15H9ClINO/c16-13-7-3-1-5-10(13)12(9-18)15(19)11-6-2-4-8-14(11)17/h1-8,12H. The quantitative estimate of drug-likeness (QED) is 0.583. The fourth-order valence-electron chi connectivity index (χ4n) is 1.80. The van der Waals surface area contributed by atoms with Crippen LogP contribution in [0.4, 0.5) is 0 Å². The summed E-state index contributed by atoms with van der Waals surface area (Å²) in [6.45, 7) is 0. The van der Waals surface area contributed by atoms with Crippen LogP contribution in [0.25, 0.3) is 0 Å². The number of carbonyl (C=O) groups excluding carboxylic acids is 1. The van der Waals surface area contributed by atoms with E-state index in [9.17, 15) is 10.1 Å². The average molecular weight is 382 g/mol. The first kappa shape index (κ1) is 14.0. The molecule has 0 saturated heterocycles. The molecule has 94 valence electrons. The van der Waals surface area contributed by atoms with Crippen LogP contribution in [-0.2, 0) is 0 Å². The zero-order valence-corrected chi connectivity index (χ0v) is 12.7. The molecular formula is C15H9ClINO. The largest absolute Gasteiger partial charge is 0.292 e. The van der Waals surface area contributed by atoms with E-state index in [0.29, 0.717) is 16.1 Å². The topological polar surface area (TPSA) is 40.9 Å². The van der Waals surface area contributed by atoms with Gasteiger partial charge in [0.2, 0.25) is 0 Å². The maximum atomic E-state index is 12.5. The second kappa shape index (κ2) is 6.18. The zero-order chi connectivity index (χ0) is 13.8. The van der Waals surface area contributed by atoms with E-state index in [2.05, 4.69) is 22.6 Å². The van der Waals surface area contributed by atoms with Crippen molar-refractivity contribution in [3.63, 3.8) is 0 Å². The van der Waals surface area contributed by atoms with Crippen LogP contribution in [0.1, 0.15) is 21.8 Å². The Kier molecular flexibility index (Phi) is 4.56. The van der Waals surface area contributed by atoms with E-state index < -0.39 is 5.92 Å². The number of carbonyl (C=O) groups is 1. The van der Waals surface area contributed by atoms with Gasteiger partial charge in [-0.2, -0.15) is 5.26 Å². The van der Waals surface area contributed by atoms with Gasteiger partial charge in [0.05, 0.1) is 6.07 Å².